The fraction of sp³-hybridized carbons (Fsp3) is 0.500. The molecule has 0 aromatic rings. The molecule has 0 N–H and O–H groups in total. The molecule has 1 heteroatoms. The number of allylic oxidation sites excluding steroid dienone is 8. The summed E-state index contributed by atoms with van der Waals surface area (Å²) >= 11 is 0. The van der Waals surface area contributed by atoms with E-state index in [4.69, 9.17) is 0 Å². The monoisotopic (exact) mass is 256 g/mol. The van der Waals surface area contributed by atoms with Crippen LogP contribution >= 0.6 is 0 Å². The van der Waals surface area contributed by atoms with Gasteiger partial charge in [-0.15, -0.1) is 0 Å². The van der Waals surface area contributed by atoms with Gasteiger partial charge in [0, 0.05) is 5.92 Å². The van der Waals surface area contributed by atoms with Gasteiger partial charge in [-0.1, -0.05) is 74.6 Å². The largest absolute Gasteiger partial charge is 0.303 e. The molecule has 0 saturated heterocycles. The molecule has 0 bridgehead atoms. The average molecular weight is 256 g/mol. The molecule has 1 nitrogen and oxygen atoms in total. The van der Waals surface area contributed by atoms with Crippen LogP contribution in [0.1, 0.15) is 44.9 Å². The summed E-state index contributed by atoms with van der Waals surface area (Å²) in [5.74, 6) is 0.605. The van der Waals surface area contributed by atoms with Crippen LogP contribution in [0.15, 0.2) is 48.1 Å². The van der Waals surface area contributed by atoms with Crippen molar-refractivity contribution in [2.24, 2.45) is 11.8 Å². The van der Waals surface area contributed by atoms with Gasteiger partial charge in [-0.2, -0.15) is 0 Å². The minimum atomic E-state index is 0.200. The molecule has 0 amide bonds. The quantitative estimate of drug-likeness (QED) is 0.650. The van der Waals surface area contributed by atoms with Crippen molar-refractivity contribution in [1.29, 1.82) is 0 Å². The zero-order valence-corrected chi connectivity index (χ0v) is 11.6. The molecule has 2 aliphatic rings. The van der Waals surface area contributed by atoms with Crippen molar-refractivity contribution in [3.63, 3.8) is 0 Å². The summed E-state index contributed by atoms with van der Waals surface area (Å²) in [6.07, 6.45) is 24.4. The second-order valence-electron chi connectivity index (χ2n) is 5.55. The highest BCUT2D eigenvalue weighted by molar-refractivity contribution is 5.56. The maximum Gasteiger partial charge on any atom is 0.123 e. The third-order valence-corrected chi connectivity index (χ3v) is 4.19. The summed E-state index contributed by atoms with van der Waals surface area (Å²) in [6, 6.07) is 0. The molecular weight excluding hydrogens is 232 g/mol. The SMILES string of the molecule is O=CC1CCCCCCCC1C1=CC=CC=CC=C1. The van der Waals surface area contributed by atoms with Gasteiger partial charge < -0.3 is 4.79 Å². The summed E-state index contributed by atoms with van der Waals surface area (Å²) in [5, 5.41) is 0. The lowest BCUT2D eigenvalue weighted by Crippen LogP contribution is -2.18. The Morgan fingerprint density at radius 2 is 1.53 bits per heavy atom. The number of hydrogen-bond donors (Lipinski definition) is 0. The van der Waals surface area contributed by atoms with Crippen molar-refractivity contribution < 1.29 is 4.79 Å². The van der Waals surface area contributed by atoms with E-state index in [1.165, 1.54) is 44.0 Å². The van der Waals surface area contributed by atoms with Gasteiger partial charge in [-0.25, -0.2) is 0 Å². The molecule has 0 aromatic carbocycles. The lowest BCUT2D eigenvalue weighted by molar-refractivity contribution is -0.112. The van der Waals surface area contributed by atoms with Gasteiger partial charge in [0.2, 0.25) is 0 Å². The Hall–Kier alpha value is -1.37. The molecule has 0 radical (unpaired) electrons. The standard InChI is InChI=1S/C18H24O/c19-15-17-13-9-5-2-6-10-14-18(17)16-11-7-3-1-4-8-12-16/h1,3-4,7-8,11-12,15,17-18H,2,5-6,9-10,13-14H2. The number of aldehydes is 1. The Kier molecular flexibility index (Phi) is 5.87. The molecular formula is C18H24O. The van der Waals surface area contributed by atoms with Crippen LogP contribution in [0, 0.1) is 11.8 Å². The lowest BCUT2D eigenvalue weighted by Gasteiger charge is -2.23. The summed E-state index contributed by atoms with van der Waals surface area (Å²) in [7, 11) is 0. The third kappa shape index (κ3) is 4.34. The predicted octanol–water partition coefficient (Wildman–Crippen LogP) is 4.77. The zero-order valence-electron chi connectivity index (χ0n) is 11.6. The van der Waals surface area contributed by atoms with Crippen molar-refractivity contribution >= 4 is 6.29 Å². The van der Waals surface area contributed by atoms with Crippen molar-refractivity contribution in [2.45, 2.75) is 44.9 Å². The number of carbonyl (C=O) groups is 1. The zero-order chi connectivity index (χ0) is 13.3. The van der Waals surface area contributed by atoms with E-state index in [1.54, 1.807) is 0 Å². The van der Waals surface area contributed by atoms with Crippen LogP contribution in [0.25, 0.3) is 0 Å². The third-order valence-electron chi connectivity index (χ3n) is 4.19. The summed E-state index contributed by atoms with van der Waals surface area (Å²) < 4.78 is 0. The minimum absolute atomic E-state index is 0.200. The fourth-order valence-corrected chi connectivity index (χ4v) is 3.10. The molecule has 1 saturated carbocycles. The fourth-order valence-electron chi connectivity index (χ4n) is 3.10. The van der Waals surface area contributed by atoms with Gasteiger partial charge in [0.1, 0.15) is 6.29 Å². The Labute approximate surface area is 116 Å². The van der Waals surface area contributed by atoms with Crippen LogP contribution in [0.3, 0.4) is 0 Å². The molecule has 0 aromatic heterocycles. The van der Waals surface area contributed by atoms with E-state index in [1.807, 2.05) is 6.08 Å². The Morgan fingerprint density at radius 1 is 0.842 bits per heavy atom. The molecule has 0 spiro atoms. The van der Waals surface area contributed by atoms with E-state index in [9.17, 15) is 4.79 Å². The highest BCUT2D eigenvalue weighted by Crippen LogP contribution is 2.32. The van der Waals surface area contributed by atoms with Gasteiger partial charge >= 0.3 is 0 Å². The molecule has 19 heavy (non-hydrogen) atoms. The van der Waals surface area contributed by atoms with E-state index in [0.717, 1.165) is 12.8 Å². The first-order valence-electron chi connectivity index (χ1n) is 7.58. The maximum absolute atomic E-state index is 11.5. The molecule has 2 rings (SSSR count). The first kappa shape index (κ1) is 14.0. The normalized spacial score (nSPS) is 28.5. The van der Waals surface area contributed by atoms with Crippen LogP contribution in [-0.4, -0.2) is 6.29 Å². The first-order valence-corrected chi connectivity index (χ1v) is 7.58. The Bertz CT molecular complexity index is 398. The molecule has 0 aliphatic heterocycles. The molecule has 2 aliphatic carbocycles. The van der Waals surface area contributed by atoms with Crippen molar-refractivity contribution in [1.82, 2.24) is 0 Å². The van der Waals surface area contributed by atoms with E-state index >= 15 is 0 Å². The highest BCUT2D eigenvalue weighted by Gasteiger charge is 2.23. The number of rotatable bonds is 2. The Balaban J connectivity index is 2.17. The van der Waals surface area contributed by atoms with Crippen LogP contribution in [0.4, 0.5) is 0 Å². The van der Waals surface area contributed by atoms with Crippen molar-refractivity contribution in [3.8, 4) is 0 Å². The van der Waals surface area contributed by atoms with Gasteiger partial charge in [0.15, 0.2) is 0 Å². The summed E-state index contributed by atoms with van der Waals surface area (Å²) in [5.41, 5.74) is 1.32. The van der Waals surface area contributed by atoms with Crippen LogP contribution in [0.2, 0.25) is 0 Å². The summed E-state index contributed by atoms with van der Waals surface area (Å²) in [4.78, 5) is 11.5. The van der Waals surface area contributed by atoms with E-state index in [2.05, 4.69) is 36.5 Å². The predicted molar refractivity (Wildman–Crippen MR) is 80.9 cm³/mol. The van der Waals surface area contributed by atoms with Crippen LogP contribution in [0.5, 0.6) is 0 Å². The molecule has 2 unspecified atom stereocenters. The van der Waals surface area contributed by atoms with E-state index < -0.39 is 0 Å². The minimum Gasteiger partial charge on any atom is -0.303 e. The van der Waals surface area contributed by atoms with E-state index in [-0.39, 0.29) is 5.92 Å². The maximum atomic E-state index is 11.5. The second-order valence-corrected chi connectivity index (χ2v) is 5.55. The van der Waals surface area contributed by atoms with Crippen molar-refractivity contribution in [3.05, 3.63) is 48.1 Å². The molecule has 0 heterocycles. The van der Waals surface area contributed by atoms with Gasteiger partial charge in [-0.3, -0.25) is 0 Å². The molecule has 1 fully saturated rings. The van der Waals surface area contributed by atoms with Gasteiger partial charge in [0.05, 0.1) is 0 Å². The Morgan fingerprint density at radius 3 is 2.37 bits per heavy atom. The number of carbonyl (C=O) groups excluding carboxylic acids is 1. The van der Waals surface area contributed by atoms with Crippen molar-refractivity contribution in [2.75, 3.05) is 0 Å². The first-order chi connectivity index (χ1) is 9.42. The smallest absolute Gasteiger partial charge is 0.123 e. The molecule has 102 valence electrons. The van der Waals surface area contributed by atoms with E-state index in [0.29, 0.717) is 5.92 Å². The highest BCUT2D eigenvalue weighted by atomic mass is 16.1. The number of hydrogen-bond acceptors (Lipinski definition) is 1. The van der Waals surface area contributed by atoms with Crippen LogP contribution in [-0.2, 0) is 4.79 Å². The van der Waals surface area contributed by atoms with Gasteiger partial charge in [0.25, 0.3) is 0 Å². The second kappa shape index (κ2) is 7.93. The topological polar surface area (TPSA) is 17.1 Å². The molecule has 2 atom stereocenters. The van der Waals surface area contributed by atoms with Gasteiger partial charge in [-0.05, 0) is 24.3 Å². The summed E-state index contributed by atoms with van der Waals surface area (Å²) in [6.45, 7) is 0. The lowest BCUT2D eigenvalue weighted by atomic mass is 9.80. The van der Waals surface area contributed by atoms with Crippen LogP contribution < -0.4 is 0 Å². The average Bonchev–Trinajstić information content (AvgIpc) is 2.50.